The molecule has 0 bridgehead atoms. The molecule has 3 N–H and O–H groups in total. The van der Waals surface area contributed by atoms with Crippen molar-refractivity contribution in [3.8, 4) is 5.75 Å². The van der Waals surface area contributed by atoms with Crippen molar-refractivity contribution in [3.05, 3.63) is 28.8 Å². The molecule has 0 saturated heterocycles. The molecule has 136 valence electrons. The Kier molecular flexibility index (Phi) is 8.88. The van der Waals surface area contributed by atoms with Gasteiger partial charge >= 0.3 is 0 Å². The number of rotatable bonds is 9. The van der Waals surface area contributed by atoms with E-state index in [4.69, 9.17) is 16.3 Å². The summed E-state index contributed by atoms with van der Waals surface area (Å²) in [5, 5.41) is 6.96. The van der Waals surface area contributed by atoms with Gasteiger partial charge in [-0.05, 0) is 31.0 Å². The molecule has 1 aromatic carbocycles. The van der Waals surface area contributed by atoms with Crippen LogP contribution in [0, 0.1) is 0 Å². The van der Waals surface area contributed by atoms with Crippen LogP contribution in [0.5, 0.6) is 5.75 Å². The Morgan fingerprint density at radius 1 is 1.29 bits per heavy atom. The standard InChI is InChI=1S/C15H25ClN4O3S/c1-4-17-15(19-9-10-20-24(3,21)22)18-8-7-12-5-6-13(23-2)11-14(12)16/h5-6,11,20H,4,7-10H2,1-3H3,(H2,17,18,19). The summed E-state index contributed by atoms with van der Waals surface area (Å²) in [4.78, 5) is 4.31. The molecule has 0 aromatic heterocycles. The number of aliphatic imine (C=N–C) groups is 1. The lowest BCUT2D eigenvalue weighted by molar-refractivity contribution is 0.414. The van der Waals surface area contributed by atoms with Crippen molar-refractivity contribution in [1.82, 2.24) is 15.4 Å². The highest BCUT2D eigenvalue weighted by molar-refractivity contribution is 7.88. The van der Waals surface area contributed by atoms with Crippen molar-refractivity contribution in [2.24, 2.45) is 4.99 Å². The third-order valence-electron chi connectivity index (χ3n) is 3.04. The molecule has 9 heteroatoms. The van der Waals surface area contributed by atoms with Crippen LogP contribution >= 0.6 is 11.6 Å². The molecule has 0 spiro atoms. The molecule has 1 rings (SSSR count). The molecule has 0 radical (unpaired) electrons. The third-order valence-corrected chi connectivity index (χ3v) is 4.12. The van der Waals surface area contributed by atoms with Gasteiger partial charge in [0.1, 0.15) is 5.75 Å². The van der Waals surface area contributed by atoms with Crippen LogP contribution in [0.4, 0.5) is 0 Å². The van der Waals surface area contributed by atoms with E-state index in [2.05, 4.69) is 20.3 Å². The van der Waals surface area contributed by atoms with Gasteiger partial charge in [-0.15, -0.1) is 0 Å². The lowest BCUT2D eigenvalue weighted by atomic mass is 10.1. The minimum atomic E-state index is -3.18. The van der Waals surface area contributed by atoms with Crippen molar-refractivity contribution in [1.29, 1.82) is 0 Å². The number of hydrogen-bond acceptors (Lipinski definition) is 4. The number of sulfonamides is 1. The van der Waals surface area contributed by atoms with Crippen LogP contribution in [0.3, 0.4) is 0 Å². The number of nitrogens with one attached hydrogen (secondary N) is 3. The van der Waals surface area contributed by atoms with E-state index < -0.39 is 10.0 Å². The van der Waals surface area contributed by atoms with Crippen LogP contribution in [0.15, 0.2) is 23.2 Å². The second-order valence-corrected chi connectivity index (χ2v) is 7.30. The molecule has 0 fully saturated rings. The van der Waals surface area contributed by atoms with Crippen LogP contribution in [0.25, 0.3) is 0 Å². The summed E-state index contributed by atoms with van der Waals surface area (Å²) in [6, 6.07) is 5.59. The lowest BCUT2D eigenvalue weighted by Crippen LogP contribution is -2.39. The van der Waals surface area contributed by atoms with Crippen LogP contribution in [-0.2, 0) is 16.4 Å². The van der Waals surface area contributed by atoms with Gasteiger partial charge in [-0.2, -0.15) is 0 Å². The number of guanidine groups is 1. The maximum atomic E-state index is 11.0. The Labute approximate surface area is 148 Å². The van der Waals surface area contributed by atoms with Crippen LogP contribution in [0.2, 0.25) is 5.02 Å². The summed E-state index contributed by atoms with van der Waals surface area (Å²) in [5.74, 6) is 1.36. The summed E-state index contributed by atoms with van der Waals surface area (Å²) >= 11 is 6.21. The fraction of sp³-hybridized carbons (Fsp3) is 0.533. The smallest absolute Gasteiger partial charge is 0.208 e. The second-order valence-electron chi connectivity index (χ2n) is 5.06. The first-order valence-corrected chi connectivity index (χ1v) is 9.92. The maximum Gasteiger partial charge on any atom is 0.208 e. The normalized spacial score (nSPS) is 12.1. The van der Waals surface area contributed by atoms with Crippen LogP contribution in [0.1, 0.15) is 12.5 Å². The predicted molar refractivity (Wildman–Crippen MR) is 98.5 cm³/mol. The topological polar surface area (TPSA) is 91.8 Å². The van der Waals surface area contributed by atoms with Crippen molar-refractivity contribution in [2.45, 2.75) is 13.3 Å². The molecule has 0 aliphatic rings. The zero-order chi connectivity index (χ0) is 18.0. The molecule has 0 aliphatic carbocycles. The Morgan fingerprint density at radius 2 is 2.04 bits per heavy atom. The van der Waals surface area contributed by atoms with Gasteiger partial charge in [0.2, 0.25) is 10.0 Å². The monoisotopic (exact) mass is 376 g/mol. The van der Waals surface area contributed by atoms with Gasteiger partial charge < -0.3 is 15.4 Å². The summed E-state index contributed by atoms with van der Waals surface area (Å²) in [6.45, 7) is 3.95. The molecular formula is C15H25ClN4O3S. The number of benzene rings is 1. The third kappa shape index (κ3) is 8.37. The number of halogens is 1. The van der Waals surface area contributed by atoms with Gasteiger partial charge in [0.05, 0.1) is 19.9 Å². The van der Waals surface area contributed by atoms with E-state index in [9.17, 15) is 8.42 Å². The summed E-state index contributed by atoms with van der Waals surface area (Å²) in [5.41, 5.74) is 1.01. The molecule has 0 heterocycles. The van der Waals surface area contributed by atoms with E-state index in [-0.39, 0.29) is 6.54 Å². The average molecular weight is 377 g/mol. The Bertz CT molecular complexity index is 650. The van der Waals surface area contributed by atoms with Gasteiger partial charge in [0.25, 0.3) is 0 Å². The van der Waals surface area contributed by atoms with Gasteiger partial charge in [-0.25, -0.2) is 13.1 Å². The van der Waals surface area contributed by atoms with E-state index in [1.165, 1.54) is 0 Å². The zero-order valence-electron chi connectivity index (χ0n) is 14.2. The van der Waals surface area contributed by atoms with E-state index >= 15 is 0 Å². The average Bonchev–Trinajstić information content (AvgIpc) is 2.52. The first-order valence-electron chi connectivity index (χ1n) is 7.65. The van der Waals surface area contributed by atoms with Crippen molar-refractivity contribution in [2.75, 3.05) is 39.5 Å². The van der Waals surface area contributed by atoms with Crippen molar-refractivity contribution < 1.29 is 13.2 Å². The summed E-state index contributed by atoms with van der Waals surface area (Å²) < 4.78 is 29.5. The minimum absolute atomic E-state index is 0.264. The Morgan fingerprint density at radius 3 is 2.62 bits per heavy atom. The highest BCUT2D eigenvalue weighted by Crippen LogP contribution is 2.22. The summed E-state index contributed by atoms with van der Waals surface area (Å²) in [6.07, 6.45) is 1.85. The largest absolute Gasteiger partial charge is 0.497 e. The molecule has 7 nitrogen and oxygen atoms in total. The fourth-order valence-corrected chi connectivity index (χ4v) is 2.64. The minimum Gasteiger partial charge on any atom is -0.497 e. The first kappa shape index (κ1) is 20.5. The molecule has 0 unspecified atom stereocenters. The van der Waals surface area contributed by atoms with Gasteiger partial charge in [-0.3, -0.25) is 4.99 Å². The lowest BCUT2D eigenvalue weighted by Gasteiger charge is -2.12. The Hall–Kier alpha value is -1.51. The van der Waals surface area contributed by atoms with Crippen molar-refractivity contribution >= 4 is 27.6 Å². The first-order chi connectivity index (χ1) is 11.4. The van der Waals surface area contributed by atoms with Crippen LogP contribution in [-0.4, -0.2) is 53.9 Å². The highest BCUT2D eigenvalue weighted by atomic mass is 35.5. The predicted octanol–water partition coefficient (Wildman–Crippen LogP) is 0.995. The van der Waals surface area contributed by atoms with E-state index in [0.29, 0.717) is 30.6 Å². The maximum absolute atomic E-state index is 11.0. The van der Waals surface area contributed by atoms with Crippen molar-refractivity contribution in [3.63, 3.8) is 0 Å². The number of ether oxygens (including phenoxy) is 1. The van der Waals surface area contributed by atoms with Gasteiger partial charge in [-0.1, -0.05) is 17.7 Å². The van der Waals surface area contributed by atoms with Gasteiger partial charge in [0, 0.05) is 24.7 Å². The number of nitrogens with zero attached hydrogens (tertiary/aromatic N) is 1. The summed E-state index contributed by atoms with van der Waals surface area (Å²) in [7, 11) is -1.58. The SMILES string of the molecule is CCNC(=NCCNS(C)(=O)=O)NCCc1ccc(OC)cc1Cl. The quantitative estimate of drug-likeness (QED) is 0.339. The molecule has 0 atom stereocenters. The molecular weight excluding hydrogens is 352 g/mol. The van der Waals surface area contributed by atoms with Gasteiger partial charge in [0.15, 0.2) is 5.96 Å². The van der Waals surface area contributed by atoms with Crippen LogP contribution < -0.4 is 20.1 Å². The van der Waals surface area contributed by atoms with E-state index in [0.717, 1.165) is 24.0 Å². The molecule has 0 amide bonds. The molecule has 0 saturated carbocycles. The van der Waals surface area contributed by atoms with E-state index in [1.807, 2.05) is 19.1 Å². The highest BCUT2D eigenvalue weighted by Gasteiger charge is 2.04. The Balaban J connectivity index is 2.48. The number of methoxy groups -OCH3 is 1. The van der Waals surface area contributed by atoms with E-state index in [1.54, 1.807) is 13.2 Å². The molecule has 1 aromatic rings. The molecule has 0 aliphatic heterocycles. The fourth-order valence-electron chi connectivity index (χ4n) is 1.91. The second kappa shape index (κ2) is 10.4. The molecule has 24 heavy (non-hydrogen) atoms. The number of hydrogen-bond donors (Lipinski definition) is 3. The zero-order valence-corrected chi connectivity index (χ0v) is 15.8.